The Bertz CT molecular complexity index is 1350. The van der Waals surface area contributed by atoms with Gasteiger partial charge < -0.3 is 20.7 Å². The normalized spacial score (nSPS) is 11.8. The number of hydrogen-bond acceptors (Lipinski definition) is 7. The summed E-state index contributed by atoms with van der Waals surface area (Å²) in [5, 5.41) is 16.2. The number of rotatable bonds is 10. The molecule has 0 aliphatic rings. The second-order valence-electron chi connectivity index (χ2n) is 8.18. The highest BCUT2D eigenvalue weighted by Crippen LogP contribution is 2.21. The van der Waals surface area contributed by atoms with Crippen LogP contribution in [0.2, 0.25) is 0 Å². The lowest BCUT2D eigenvalue weighted by molar-refractivity contribution is -0.139. The number of H-pyrrole nitrogens is 1. The van der Waals surface area contributed by atoms with Gasteiger partial charge in [0, 0.05) is 29.9 Å². The maximum absolute atomic E-state index is 13.7. The highest BCUT2D eigenvalue weighted by Gasteiger charge is 2.24. The molecule has 2 aromatic carbocycles. The number of nitrogens with zero attached hydrogens (tertiary/aromatic N) is 3. The Kier molecular flexibility index (Phi) is 7.69. The summed E-state index contributed by atoms with van der Waals surface area (Å²) in [4.78, 5) is 36.4. The largest absolute Gasteiger partial charge is 0.480 e. The van der Waals surface area contributed by atoms with Crippen LogP contribution in [0.1, 0.15) is 39.0 Å². The van der Waals surface area contributed by atoms with Gasteiger partial charge in [-0.3, -0.25) is 4.79 Å². The first-order valence-corrected chi connectivity index (χ1v) is 12.1. The summed E-state index contributed by atoms with van der Waals surface area (Å²) in [6.07, 6.45) is 3.92. The summed E-state index contributed by atoms with van der Waals surface area (Å²) in [7, 11) is 0. The molecule has 0 aliphatic heterocycles. The average Bonchev–Trinajstić information content (AvgIpc) is 3.54. The van der Waals surface area contributed by atoms with Crippen LogP contribution in [0, 0.1) is 12.7 Å². The van der Waals surface area contributed by atoms with E-state index in [0.29, 0.717) is 41.4 Å². The molecule has 11 heteroatoms. The van der Waals surface area contributed by atoms with Gasteiger partial charge in [-0.2, -0.15) is 4.37 Å². The molecule has 4 aromatic rings. The number of anilines is 1. The Hall–Kier alpha value is -4.12. The Morgan fingerprint density at radius 2 is 2.00 bits per heavy atom. The lowest BCUT2D eigenvalue weighted by atomic mass is 9.98. The van der Waals surface area contributed by atoms with Crippen molar-refractivity contribution < 1.29 is 19.1 Å². The van der Waals surface area contributed by atoms with Crippen molar-refractivity contribution in [2.75, 3.05) is 5.32 Å². The summed E-state index contributed by atoms with van der Waals surface area (Å²) in [6, 6.07) is 8.66. The van der Waals surface area contributed by atoms with Gasteiger partial charge in [0.05, 0.1) is 6.54 Å². The van der Waals surface area contributed by atoms with E-state index < -0.39 is 23.7 Å². The van der Waals surface area contributed by atoms with Crippen molar-refractivity contribution in [3.63, 3.8) is 0 Å². The molecule has 0 bridgehead atoms. The minimum Gasteiger partial charge on any atom is -0.480 e. The molecule has 36 heavy (non-hydrogen) atoms. The van der Waals surface area contributed by atoms with E-state index in [0.717, 1.165) is 16.1 Å². The molecular weight excluding hydrogens is 483 g/mol. The third-order valence-corrected chi connectivity index (χ3v) is 6.33. The maximum atomic E-state index is 13.7. The van der Waals surface area contributed by atoms with Crippen LogP contribution in [0.15, 0.2) is 48.8 Å². The molecule has 4 rings (SSSR count). The Morgan fingerprint density at radius 1 is 1.22 bits per heavy atom. The molecule has 2 aromatic heterocycles. The van der Waals surface area contributed by atoms with E-state index in [-0.39, 0.29) is 6.42 Å². The number of aliphatic carboxylic acids is 1. The third-order valence-electron chi connectivity index (χ3n) is 5.62. The molecule has 186 valence electrons. The molecule has 9 nitrogen and oxygen atoms in total. The van der Waals surface area contributed by atoms with Crippen LogP contribution in [0.4, 0.5) is 10.3 Å². The Morgan fingerprint density at radius 3 is 2.67 bits per heavy atom. The minimum absolute atomic E-state index is 0.0892. The van der Waals surface area contributed by atoms with E-state index in [1.165, 1.54) is 23.7 Å². The monoisotopic (exact) mass is 508 g/mol. The number of carboxylic acids is 1. The van der Waals surface area contributed by atoms with Gasteiger partial charge in [0.15, 0.2) is 11.8 Å². The van der Waals surface area contributed by atoms with E-state index in [2.05, 4.69) is 30.0 Å². The van der Waals surface area contributed by atoms with Crippen molar-refractivity contribution in [1.82, 2.24) is 24.6 Å². The fourth-order valence-corrected chi connectivity index (χ4v) is 4.44. The number of hydrogen-bond donors (Lipinski definition) is 4. The van der Waals surface area contributed by atoms with Gasteiger partial charge in [0.2, 0.25) is 0 Å². The Labute approximate surface area is 211 Å². The number of carbonyl (C=O) groups excluding carboxylic acids is 1. The number of carboxylic acid groups (broad SMARTS) is 1. The number of amides is 1. The zero-order valence-corrected chi connectivity index (χ0v) is 20.5. The van der Waals surface area contributed by atoms with Crippen molar-refractivity contribution in [3.05, 3.63) is 81.9 Å². The van der Waals surface area contributed by atoms with Gasteiger partial charge in [-0.15, -0.1) is 0 Å². The predicted octanol–water partition coefficient (Wildman–Crippen LogP) is 3.98. The topological polar surface area (TPSA) is 133 Å². The van der Waals surface area contributed by atoms with Crippen molar-refractivity contribution in [2.45, 2.75) is 39.3 Å². The lowest BCUT2D eigenvalue weighted by Crippen LogP contribution is -2.42. The van der Waals surface area contributed by atoms with Gasteiger partial charge in [0.1, 0.15) is 16.9 Å². The number of benzene rings is 2. The van der Waals surface area contributed by atoms with E-state index in [1.54, 1.807) is 31.5 Å². The standard InChI is InChI=1S/C25H25FN6O3S/c1-3-16-12-18(26)10-14(2)21(16)23(33)30-19(24(34)35)11-15-4-6-17(7-5-15)22-31-20(36-32-22)13-29-25-27-8-9-28-25/h4-10,12,19H,3,11,13H2,1-2H3,(H,30,33)(H,34,35)(H2,27,28,29). The van der Waals surface area contributed by atoms with Gasteiger partial charge in [0.25, 0.3) is 5.91 Å². The molecule has 1 amide bonds. The molecule has 0 fully saturated rings. The second-order valence-corrected chi connectivity index (χ2v) is 9.02. The van der Waals surface area contributed by atoms with E-state index in [4.69, 9.17) is 0 Å². The van der Waals surface area contributed by atoms with Crippen molar-refractivity contribution in [1.29, 1.82) is 0 Å². The number of aryl methyl sites for hydroxylation is 2. The van der Waals surface area contributed by atoms with Gasteiger partial charge in [-0.25, -0.2) is 19.2 Å². The number of imidazole rings is 1. The lowest BCUT2D eigenvalue weighted by Gasteiger charge is -2.17. The fraction of sp³-hybridized carbons (Fsp3) is 0.240. The first kappa shape index (κ1) is 25.0. The van der Waals surface area contributed by atoms with Crippen LogP contribution in [-0.2, 0) is 24.2 Å². The van der Waals surface area contributed by atoms with Crippen LogP contribution < -0.4 is 10.6 Å². The summed E-state index contributed by atoms with van der Waals surface area (Å²) in [6.45, 7) is 3.93. The van der Waals surface area contributed by atoms with Gasteiger partial charge in [-0.1, -0.05) is 31.2 Å². The van der Waals surface area contributed by atoms with Crippen LogP contribution in [0.3, 0.4) is 0 Å². The highest BCUT2D eigenvalue weighted by molar-refractivity contribution is 7.05. The highest BCUT2D eigenvalue weighted by atomic mass is 32.1. The van der Waals surface area contributed by atoms with Crippen LogP contribution in [-0.4, -0.2) is 42.4 Å². The number of nitrogens with one attached hydrogen (secondary N) is 3. The third kappa shape index (κ3) is 5.92. The molecule has 0 spiro atoms. The summed E-state index contributed by atoms with van der Waals surface area (Å²) < 4.78 is 18.1. The van der Waals surface area contributed by atoms with Crippen molar-refractivity contribution in [3.8, 4) is 11.4 Å². The van der Waals surface area contributed by atoms with Crippen molar-refractivity contribution >= 4 is 29.4 Å². The molecule has 0 saturated heterocycles. The summed E-state index contributed by atoms with van der Waals surface area (Å²) in [5.41, 5.74) is 2.84. The molecule has 1 unspecified atom stereocenters. The number of aromatic nitrogens is 4. The first-order chi connectivity index (χ1) is 17.3. The van der Waals surface area contributed by atoms with Gasteiger partial charge >= 0.3 is 5.97 Å². The maximum Gasteiger partial charge on any atom is 0.326 e. The average molecular weight is 509 g/mol. The zero-order valence-electron chi connectivity index (χ0n) is 19.7. The first-order valence-electron chi connectivity index (χ1n) is 11.3. The van der Waals surface area contributed by atoms with Crippen LogP contribution >= 0.6 is 11.5 Å². The molecular formula is C25H25FN6O3S. The second kappa shape index (κ2) is 11.1. The predicted molar refractivity (Wildman–Crippen MR) is 134 cm³/mol. The van der Waals surface area contributed by atoms with Crippen molar-refractivity contribution in [2.24, 2.45) is 0 Å². The Balaban J connectivity index is 1.42. The molecule has 2 heterocycles. The molecule has 0 saturated carbocycles. The fourth-order valence-electron chi connectivity index (χ4n) is 3.84. The molecule has 0 aliphatic carbocycles. The minimum atomic E-state index is -1.15. The summed E-state index contributed by atoms with van der Waals surface area (Å²) in [5.74, 6) is -0.886. The number of halogens is 1. The van der Waals surface area contributed by atoms with Gasteiger partial charge in [-0.05, 0) is 53.7 Å². The smallest absolute Gasteiger partial charge is 0.326 e. The SMILES string of the molecule is CCc1cc(F)cc(C)c1C(=O)NC(Cc1ccc(-c2nsc(CNc3ncc[nH]3)n2)cc1)C(=O)O. The molecule has 4 N–H and O–H groups in total. The quantitative estimate of drug-likeness (QED) is 0.255. The van der Waals surface area contributed by atoms with E-state index in [9.17, 15) is 19.1 Å². The zero-order chi connectivity index (χ0) is 25.7. The van der Waals surface area contributed by atoms with Crippen LogP contribution in [0.5, 0.6) is 0 Å². The van der Waals surface area contributed by atoms with Crippen LogP contribution in [0.25, 0.3) is 11.4 Å². The molecule has 1 atom stereocenters. The number of aromatic amines is 1. The molecule has 0 radical (unpaired) electrons. The summed E-state index contributed by atoms with van der Waals surface area (Å²) >= 11 is 1.28. The van der Waals surface area contributed by atoms with E-state index in [1.807, 2.05) is 19.1 Å². The number of carbonyl (C=O) groups is 2. The van der Waals surface area contributed by atoms with E-state index >= 15 is 0 Å².